The largest absolute Gasteiger partial charge is 0.497 e. The maximum Gasteiger partial charge on any atom is 0.268 e. The number of rotatable bonds is 9. The van der Waals surface area contributed by atoms with E-state index in [0.29, 0.717) is 19.4 Å². The van der Waals surface area contributed by atoms with Crippen molar-refractivity contribution in [1.82, 2.24) is 15.0 Å². The zero-order valence-corrected chi connectivity index (χ0v) is 25.6. The summed E-state index contributed by atoms with van der Waals surface area (Å²) in [6.45, 7) is 7.63. The maximum atomic E-state index is 14.7. The summed E-state index contributed by atoms with van der Waals surface area (Å²) in [4.78, 5) is 16.6. The molecule has 2 aliphatic heterocycles. The molecule has 3 aromatic carbocycles. The van der Waals surface area contributed by atoms with Crippen molar-refractivity contribution in [2.24, 2.45) is 5.92 Å². The summed E-state index contributed by atoms with van der Waals surface area (Å²) in [6.07, 6.45) is 2.87. The van der Waals surface area contributed by atoms with E-state index in [1.165, 1.54) is 5.19 Å². The summed E-state index contributed by atoms with van der Waals surface area (Å²) in [5, 5.41) is 19.1. The van der Waals surface area contributed by atoms with Crippen LogP contribution in [-0.2, 0) is 28.1 Å². The lowest BCUT2D eigenvalue weighted by atomic mass is 9.82. The first-order valence-electron chi connectivity index (χ1n) is 14.6. The van der Waals surface area contributed by atoms with Gasteiger partial charge in [0, 0.05) is 42.9 Å². The van der Waals surface area contributed by atoms with Crippen LogP contribution in [0.15, 0.2) is 85.1 Å². The summed E-state index contributed by atoms with van der Waals surface area (Å²) in [5.74, 6) is 0.727. The number of aryl methyl sites for hydroxylation is 1. The molecule has 1 spiro atoms. The number of hydrogen-bond acceptors (Lipinski definition) is 6. The van der Waals surface area contributed by atoms with Crippen molar-refractivity contribution in [1.29, 1.82) is 0 Å². The number of para-hydroxylation sites is 2. The molecule has 42 heavy (non-hydrogen) atoms. The standard InChI is InChI=1S/C33H38N4O4Si/c1-23-31(42(3,4)27-16-14-26(40-2)15-17-27)30(18-20-36-22-24(19-21-38)34-35-36)41-33(23)28-12-8-9-13-29(28)37(32(33)39)25-10-6-5-7-11-25/h5-17,22-23,30-31,38H,18-21H2,1-4H3/t23-,30+,31-,33+/m1/s1. The summed E-state index contributed by atoms with van der Waals surface area (Å²) in [7, 11) is -0.547. The predicted octanol–water partition coefficient (Wildman–Crippen LogP) is 4.81. The highest BCUT2D eigenvalue weighted by atomic mass is 28.3. The highest BCUT2D eigenvalue weighted by Crippen LogP contribution is 2.60. The molecule has 0 bridgehead atoms. The quantitative estimate of drug-likeness (QED) is 0.285. The number of aromatic nitrogens is 3. The van der Waals surface area contributed by atoms with Crippen LogP contribution in [0.1, 0.15) is 24.6 Å². The molecule has 1 aromatic heterocycles. The lowest BCUT2D eigenvalue weighted by Gasteiger charge is -2.37. The van der Waals surface area contributed by atoms with E-state index in [9.17, 15) is 9.90 Å². The number of methoxy groups -OCH3 is 1. The molecule has 4 atom stereocenters. The highest BCUT2D eigenvalue weighted by Gasteiger charge is 2.66. The van der Waals surface area contributed by atoms with Crippen molar-refractivity contribution in [2.45, 2.75) is 56.7 Å². The Morgan fingerprint density at radius 1 is 1.02 bits per heavy atom. The minimum atomic E-state index is -2.23. The van der Waals surface area contributed by atoms with Gasteiger partial charge in [-0.1, -0.05) is 78.9 Å². The van der Waals surface area contributed by atoms with E-state index >= 15 is 0 Å². The van der Waals surface area contributed by atoms with Crippen molar-refractivity contribution in [2.75, 3.05) is 18.6 Å². The monoisotopic (exact) mass is 582 g/mol. The molecule has 1 amide bonds. The Bertz CT molecular complexity index is 1560. The number of carbonyl (C=O) groups is 1. The molecule has 6 rings (SSSR count). The van der Waals surface area contributed by atoms with Gasteiger partial charge in [0.05, 0.1) is 32.7 Å². The van der Waals surface area contributed by atoms with Crippen LogP contribution in [0.2, 0.25) is 18.6 Å². The van der Waals surface area contributed by atoms with E-state index in [1.807, 2.05) is 76.4 Å². The molecule has 4 aromatic rings. The molecule has 0 saturated carbocycles. The number of nitrogens with zero attached hydrogens (tertiary/aromatic N) is 4. The SMILES string of the molecule is COc1ccc([Si](C)(C)[C@H]2[C@H](CCn3cc(CCO)nn3)O[C@@]3(C(=O)N(c4ccccc4)c4ccccc43)[C@@H]2C)cc1. The third kappa shape index (κ3) is 4.56. The second-order valence-electron chi connectivity index (χ2n) is 11.9. The second-order valence-corrected chi connectivity index (χ2v) is 16.6. The molecular formula is C33H38N4O4Si. The zero-order valence-electron chi connectivity index (χ0n) is 24.6. The Hall–Kier alpha value is -3.79. The Labute approximate surface area is 247 Å². The fourth-order valence-electron chi connectivity index (χ4n) is 7.23. The predicted molar refractivity (Wildman–Crippen MR) is 165 cm³/mol. The van der Waals surface area contributed by atoms with Gasteiger partial charge in [0.2, 0.25) is 0 Å². The van der Waals surface area contributed by atoms with Crippen molar-refractivity contribution in [3.05, 3.63) is 96.3 Å². The van der Waals surface area contributed by atoms with Gasteiger partial charge in [0.1, 0.15) is 5.75 Å². The van der Waals surface area contributed by atoms with Gasteiger partial charge in [0.25, 0.3) is 5.91 Å². The normalized spacial score (nSPS) is 23.5. The Morgan fingerprint density at radius 3 is 2.45 bits per heavy atom. The van der Waals surface area contributed by atoms with Crippen LogP contribution in [-0.4, -0.2) is 53.9 Å². The number of anilines is 2. The van der Waals surface area contributed by atoms with E-state index in [4.69, 9.17) is 9.47 Å². The summed E-state index contributed by atoms with van der Waals surface area (Å²) in [5.41, 5.74) is 2.46. The number of fused-ring (bicyclic) bond motifs is 2. The van der Waals surface area contributed by atoms with Gasteiger partial charge >= 0.3 is 0 Å². The summed E-state index contributed by atoms with van der Waals surface area (Å²) >= 11 is 0. The van der Waals surface area contributed by atoms with Gasteiger partial charge in [-0.3, -0.25) is 14.4 Å². The van der Waals surface area contributed by atoms with Crippen molar-refractivity contribution >= 4 is 30.5 Å². The Kier molecular flexibility index (Phi) is 7.51. The van der Waals surface area contributed by atoms with Gasteiger partial charge in [-0.2, -0.15) is 0 Å². The first kappa shape index (κ1) is 28.3. The van der Waals surface area contributed by atoms with Crippen molar-refractivity contribution in [3.63, 3.8) is 0 Å². The van der Waals surface area contributed by atoms with Crippen LogP contribution in [0.5, 0.6) is 5.75 Å². The fraction of sp³-hybridized carbons (Fsp3) is 0.364. The molecule has 2 aliphatic rings. The molecule has 1 fully saturated rings. The van der Waals surface area contributed by atoms with Gasteiger partial charge in [0.15, 0.2) is 5.60 Å². The summed E-state index contributed by atoms with van der Waals surface area (Å²) < 4.78 is 14.4. The van der Waals surface area contributed by atoms with E-state index in [2.05, 4.69) is 48.5 Å². The third-order valence-corrected chi connectivity index (χ3v) is 13.6. The number of carbonyl (C=O) groups excluding carboxylic acids is 1. The van der Waals surface area contributed by atoms with Crippen LogP contribution in [0.4, 0.5) is 11.4 Å². The van der Waals surface area contributed by atoms with Crippen LogP contribution >= 0.6 is 0 Å². The number of aliphatic hydroxyl groups excluding tert-OH is 1. The molecule has 8 nitrogen and oxygen atoms in total. The number of aliphatic hydroxyl groups is 1. The highest BCUT2D eigenvalue weighted by molar-refractivity contribution is 6.91. The lowest BCUT2D eigenvalue weighted by molar-refractivity contribution is -0.145. The molecule has 218 valence electrons. The summed E-state index contributed by atoms with van der Waals surface area (Å²) in [6, 6.07) is 26.3. The molecule has 9 heteroatoms. The topological polar surface area (TPSA) is 89.7 Å². The molecule has 3 heterocycles. The number of amides is 1. The molecule has 0 unspecified atom stereocenters. The number of ether oxygens (including phenoxy) is 2. The molecule has 0 aliphatic carbocycles. The molecule has 1 N–H and O–H groups in total. The van der Waals surface area contributed by atoms with E-state index < -0.39 is 13.7 Å². The van der Waals surface area contributed by atoms with Gasteiger partial charge in [-0.15, -0.1) is 5.10 Å². The Balaban J connectivity index is 1.42. The fourth-order valence-corrected chi connectivity index (χ4v) is 11.3. The zero-order chi connectivity index (χ0) is 29.5. The van der Waals surface area contributed by atoms with Gasteiger partial charge in [-0.05, 0) is 42.3 Å². The lowest BCUT2D eigenvalue weighted by Crippen LogP contribution is -2.51. The number of hydrogen-bond donors (Lipinski definition) is 1. The molecule has 1 saturated heterocycles. The first-order valence-corrected chi connectivity index (χ1v) is 17.7. The number of benzene rings is 3. The molecule has 0 radical (unpaired) electrons. The smallest absolute Gasteiger partial charge is 0.268 e. The first-order chi connectivity index (χ1) is 20.3. The second kappa shape index (κ2) is 11.1. The minimum Gasteiger partial charge on any atom is -0.497 e. The van der Waals surface area contributed by atoms with Crippen molar-refractivity contribution < 1.29 is 19.4 Å². The van der Waals surface area contributed by atoms with Gasteiger partial charge in [-0.25, -0.2) is 0 Å². The van der Waals surface area contributed by atoms with Crippen LogP contribution in [0.25, 0.3) is 0 Å². The van der Waals surface area contributed by atoms with Crippen LogP contribution in [0.3, 0.4) is 0 Å². The van der Waals surface area contributed by atoms with E-state index in [0.717, 1.165) is 28.4 Å². The minimum absolute atomic E-state index is 0.0274. The average Bonchev–Trinajstić information content (AvgIpc) is 3.66. The van der Waals surface area contributed by atoms with E-state index in [1.54, 1.807) is 7.11 Å². The van der Waals surface area contributed by atoms with E-state index in [-0.39, 0.29) is 30.1 Å². The van der Waals surface area contributed by atoms with Crippen LogP contribution in [0, 0.1) is 5.92 Å². The van der Waals surface area contributed by atoms with Gasteiger partial charge < -0.3 is 14.6 Å². The van der Waals surface area contributed by atoms with Crippen molar-refractivity contribution in [3.8, 4) is 5.75 Å². The Morgan fingerprint density at radius 2 is 1.74 bits per heavy atom. The molecular weight excluding hydrogens is 544 g/mol. The maximum absolute atomic E-state index is 14.7. The average molecular weight is 583 g/mol. The third-order valence-electron chi connectivity index (χ3n) is 9.26. The van der Waals surface area contributed by atoms with Crippen LogP contribution < -0.4 is 14.8 Å².